The highest BCUT2D eigenvalue weighted by Crippen LogP contribution is 2.21. The first-order valence-electron chi connectivity index (χ1n) is 4.00. The number of halogens is 1. The molecule has 0 aliphatic carbocycles. The smallest absolute Gasteiger partial charge is 0.120 e. The van der Waals surface area contributed by atoms with Gasteiger partial charge in [-0.15, -0.1) is 0 Å². The van der Waals surface area contributed by atoms with Crippen molar-refractivity contribution in [3.63, 3.8) is 0 Å². The van der Waals surface area contributed by atoms with E-state index in [2.05, 4.69) is 22.5 Å². The summed E-state index contributed by atoms with van der Waals surface area (Å²) in [4.78, 5) is 0. The molecule has 0 saturated carbocycles. The van der Waals surface area contributed by atoms with Crippen LogP contribution in [0.3, 0.4) is 0 Å². The Balaban J connectivity index is 2.79. The second kappa shape index (κ2) is 5.04. The Bertz CT molecular complexity index is 299. The van der Waals surface area contributed by atoms with Gasteiger partial charge in [0, 0.05) is 11.0 Å². The number of hydrogen-bond acceptors (Lipinski definition) is 2. The third kappa shape index (κ3) is 2.86. The number of hydrogen-bond donors (Lipinski definition) is 1. The van der Waals surface area contributed by atoms with E-state index in [1.54, 1.807) is 6.08 Å². The molecule has 2 nitrogen and oxygen atoms in total. The van der Waals surface area contributed by atoms with Crippen molar-refractivity contribution in [3.8, 4) is 5.75 Å². The van der Waals surface area contributed by atoms with Gasteiger partial charge in [0.1, 0.15) is 12.4 Å². The fraction of sp³-hybridized carbons (Fsp3) is 0.200. The summed E-state index contributed by atoms with van der Waals surface area (Å²) < 4.78 is 6.37. The highest BCUT2D eigenvalue weighted by atomic mass is 79.9. The van der Waals surface area contributed by atoms with Gasteiger partial charge in [-0.3, -0.25) is 0 Å². The molecule has 0 radical (unpaired) electrons. The van der Waals surface area contributed by atoms with E-state index in [4.69, 9.17) is 10.5 Å². The first-order valence-corrected chi connectivity index (χ1v) is 4.79. The first kappa shape index (κ1) is 10.3. The van der Waals surface area contributed by atoms with E-state index in [0.29, 0.717) is 13.2 Å². The second-order valence-corrected chi connectivity index (χ2v) is 3.41. The predicted molar refractivity (Wildman–Crippen MR) is 57.7 cm³/mol. The van der Waals surface area contributed by atoms with Gasteiger partial charge in [-0.25, -0.2) is 0 Å². The number of rotatable bonds is 4. The Morgan fingerprint density at radius 3 is 2.92 bits per heavy atom. The molecule has 0 unspecified atom stereocenters. The minimum absolute atomic E-state index is 0.506. The summed E-state index contributed by atoms with van der Waals surface area (Å²) in [6, 6.07) is 5.75. The van der Waals surface area contributed by atoms with Crippen LogP contribution in [0.15, 0.2) is 35.3 Å². The molecule has 1 aromatic rings. The van der Waals surface area contributed by atoms with Crippen LogP contribution in [0.2, 0.25) is 0 Å². The van der Waals surface area contributed by atoms with Gasteiger partial charge < -0.3 is 10.5 Å². The molecule has 0 atom stereocenters. The molecule has 0 fully saturated rings. The largest absolute Gasteiger partial charge is 0.490 e. The van der Waals surface area contributed by atoms with Crippen molar-refractivity contribution in [2.45, 2.75) is 6.54 Å². The number of ether oxygens (including phenoxy) is 1. The molecule has 1 rings (SSSR count). The van der Waals surface area contributed by atoms with Crippen LogP contribution >= 0.6 is 15.9 Å². The molecule has 1 aromatic carbocycles. The van der Waals surface area contributed by atoms with Crippen molar-refractivity contribution in [3.05, 3.63) is 40.9 Å². The topological polar surface area (TPSA) is 35.2 Å². The molecule has 3 heteroatoms. The van der Waals surface area contributed by atoms with Crippen LogP contribution in [0.5, 0.6) is 5.75 Å². The number of benzene rings is 1. The molecule has 0 spiro atoms. The van der Waals surface area contributed by atoms with E-state index < -0.39 is 0 Å². The summed E-state index contributed by atoms with van der Waals surface area (Å²) in [6.45, 7) is 4.60. The molecule has 0 bridgehead atoms. The minimum Gasteiger partial charge on any atom is -0.490 e. The van der Waals surface area contributed by atoms with Crippen LogP contribution in [0.25, 0.3) is 0 Å². The predicted octanol–water partition coefficient (Wildman–Crippen LogP) is 2.47. The van der Waals surface area contributed by atoms with Crippen molar-refractivity contribution in [2.75, 3.05) is 6.61 Å². The fourth-order valence-corrected chi connectivity index (χ4v) is 1.36. The highest BCUT2D eigenvalue weighted by Gasteiger charge is 1.99. The summed E-state index contributed by atoms with van der Waals surface area (Å²) in [5.41, 5.74) is 6.59. The van der Waals surface area contributed by atoms with Crippen LogP contribution in [0, 0.1) is 0 Å². The molecule has 0 saturated heterocycles. The standard InChI is InChI=1S/C10H12BrNO/c1-2-5-13-9-3-4-10(11)8(6-9)7-12/h2-4,6H,1,5,7,12H2. The molecule has 0 aromatic heterocycles. The Labute approximate surface area is 86.5 Å². The van der Waals surface area contributed by atoms with Crippen LogP contribution in [0.1, 0.15) is 5.56 Å². The molecule has 70 valence electrons. The maximum atomic E-state index is 5.54. The summed E-state index contributed by atoms with van der Waals surface area (Å²) in [6.07, 6.45) is 1.71. The van der Waals surface area contributed by atoms with Crippen molar-refractivity contribution < 1.29 is 4.74 Å². The second-order valence-electron chi connectivity index (χ2n) is 2.56. The van der Waals surface area contributed by atoms with Gasteiger partial charge in [0.25, 0.3) is 0 Å². The summed E-state index contributed by atoms with van der Waals surface area (Å²) in [5.74, 6) is 0.823. The normalized spacial score (nSPS) is 9.69. The molecule has 13 heavy (non-hydrogen) atoms. The average Bonchev–Trinajstić information content (AvgIpc) is 2.16. The van der Waals surface area contributed by atoms with Gasteiger partial charge >= 0.3 is 0 Å². The van der Waals surface area contributed by atoms with Gasteiger partial charge in [0.15, 0.2) is 0 Å². The Morgan fingerprint density at radius 2 is 2.31 bits per heavy atom. The van der Waals surface area contributed by atoms with Crippen LogP contribution < -0.4 is 10.5 Å². The SMILES string of the molecule is C=CCOc1ccc(Br)c(CN)c1. The van der Waals surface area contributed by atoms with Crippen molar-refractivity contribution in [2.24, 2.45) is 5.73 Å². The lowest BCUT2D eigenvalue weighted by atomic mass is 10.2. The Hall–Kier alpha value is -0.800. The van der Waals surface area contributed by atoms with Gasteiger partial charge in [0.05, 0.1) is 0 Å². The molecular weight excluding hydrogens is 230 g/mol. The van der Waals surface area contributed by atoms with E-state index in [0.717, 1.165) is 15.8 Å². The molecule has 0 aliphatic heterocycles. The van der Waals surface area contributed by atoms with E-state index in [-0.39, 0.29) is 0 Å². The van der Waals surface area contributed by atoms with E-state index >= 15 is 0 Å². The maximum absolute atomic E-state index is 5.54. The minimum atomic E-state index is 0.506. The van der Waals surface area contributed by atoms with Crippen LogP contribution in [0.4, 0.5) is 0 Å². The van der Waals surface area contributed by atoms with Crippen LogP contribution in [-0.4, -0.2) is 6.61 Å². The fourth-order valence-electron chi connectivity index (χ4n) is 0.952. The molecule has 2 N–H and O–H groups in total. The average molecular weight is 242 g/mol. The first-order chi connectivity index (χ1) is 6.27. The zero-order valence-corrected chi connectivity index (χ0v) is 8.88. The van der Waals surface area contributed by atoms with Crippen molar-refractivity contribution in [1.82, 2.24) is 0 Å². The lowest BCUT2D eigenvalue weighted by Gasteiger charge is -2.06. The van der Waals surface area contributed by atoms with E-state index in [1.807, 2.05) is 18.2 Å². The van der Waals surface area contributed by atoms with Crippen molar-refractivity contribution in [1.29, 1.82) is 0 Å². The molecule has 0 amide bonds. The van der Waals surface area contributed by atoms with Gasteiger partial charge in [0.2, 0.25) is 0 Å². The maximum Gasteiger partial charge on any atom is 0.120 e. The van der Waals surface area contributed by atoms with E-state index in [9.17, 15) is 0 Å². The third-order valence-electron chi connectivity index (χ3n) is 1.60. The Morgan fingerprint density at radius 1 is 1.54 bits per heavy atom. The molecular formula is C10H12BrNO. The molecule has 0 aliphatic rings. The summed E-state index contributed by atoms with van der Waals surface area (Å²) >= 11 is 3.40. The van der Waals surface area contributed by atoms with Gasteiger partial charge in [-0.1, -0.05) is 28.6 Å². The summed E-state index contributed by atoms with van der Waals surface area (Å²) in [5, 5.41) is 0. The van der Waals surface area contributed by atoms with Gasteiger partial charge in [-0.05, 0) is 23.8 Å². The lowest BCUT2D eigenvalue weighted by Crippen LogP contribution is -1.99. The zero-order valence-electron chi connectivity index (χ0n) is 7.29. The zero-order chi connectivity index (χ0) is 9.68. The van der Waals surface area contributed by atoms with E-state index in [1.165, 1.54) is 0 Å². The third-order valence-corrected chi connectivity index (χ3v) is 2.38. The monoisotopic (exact) mass is 241 g/mol. The quantitative estimate of drug-likeness (QED) is 0.823. The highest BCUT2D eigenvalue weighted by molar-refractivity contribution is 9.10. The van der Waals surface area contributed by atoms with Crippen LogP contribution in [-0.2, 0) is 6.54 Å². The Kier molecular flexibility index (Phi) is 3.99. The summed E-state index contributed by atoms with van der Waals surface area (Å²) in [7, 11) is 0. The lowest BCUT2D eigenvalue weighted by molar-refractivity contribution is 0.363. The molecule has 0 heterocycles. The van der Waals surface area contributed by atoms with Crippen molar-refractivity contribution >= 4 is 15.9 Å². The number of nitrogens with two attached hydrogens (primary N) is 1. The van der Waals surface area contributed by atoms with Gasteiger partial charge in [-0.2, -0.15) is 0 Å².